The molecule has 0 aromatic heterocycles. The van der Waals surface area contributed by atoms with Crippen LogP contribution in [0.5, 0.6) is 0 Å². The number of hydrogen-bond donors (Lipinski definition) is 1. The third kappa shape index (κ3) is 18.0. The third-order valence-corrected chi connectivity index (χ3v) is 3.73. The molecular formula is C18H38O5. The molecule has 140 valence electrons. The fourth-order valence-corrected chi connectivity index (χ4v) is 2.19. The maximum absolute atomic E-state index is 8.90. The molecule has 0 aromatic carbocycles. The van der Waals surface area contributed by atoms with Crippen molar-refractivity contribution >= 4 is 0 Å². The largest absolute Gasteiger partial charge is 0.394 e. The summed E-state index contributed by atoms with van der Waals surface area (Å²) in [5.74, 6) is 0. The van der Waals surface area contributed by atoms with Crippen molar-refractivity contribution in [1.29, 1.82) is 0 Å². The molecule has 0 aliphatic rings. The second kappa shape index (κ2) is 19.8. The molecule has 0 aliphatic heterocycles. The SMILES string of the molecule is CCCCCCCCCCOCCOCCOC[C@@H](CO)OC. The molecule has 0 aliphatic carbocycles. The van der Waals surface area contributed by atoms with Crippen LogP contribution in [0.4, 0.5) is 0 Å². The lowest BCUT2D eigenvalue weighted by molar-refractivity contribution is -0.0385. The summed E-state index contributed by atoms with van der Waals surface area (Å²) in [7, 11) is 1.56. The lowest BCUT2D eigenvalue weighted by atomic mass is 10.1. The van der Waals surface area contributed by atoms with E-state index in [1.807, 2.05) is 0 Å². The Hall–Kier alpha value is -0.200. The lowest BCUT2D eigenvalue weighted by Crippen LogP contribution is -2.23. The molecule has 1 N–H and O–H groups in total. The molecule has 0 heterocycles. The summed E-state index contributed by atoms with van der Waals surface area (Å²) in [6.45, 7) is 5.76. The van der Waals surface area contributed by atoms with Gasteiger partial charge in [0.05, 0.1) is 39.6 Å². The van der Waals surface area contributed by atoms with Crippen LogP contribution in [0.25, 0.3) is 0 Å². The topological polar surface area (TPSA) is 57.2 Å². The van der Waals surface area contributed by atoms with Crippen molar-refractivity contribution in [1.82, 2.24) is 0 Å². The molecule has 23 heavy (non-hydrogen) atoms. The summed E-state index contributed by atoms with van der Waals surface area (Å²) >= 11 is 0. The molecule has 5 heteroatoms. The zero-order chi connectivity index (χ0) is 17.0. The minimum atomic E-state index is -0.245. The average Bonchev–Trinajstić information content (AvgIpc) is 2.58. The van der Waals surface area contributed by atoms with Gasteiger partial charge < -0.3 is 24.1 Å². The number of methoxy groups -OCH3 is 1. The Kier molecular flexibility index (Phi) is 19.7. The third-order valence-electron chi connectivity index (χ3n) is 3.73. The van der Waals surface area contributed by atoms with Crippen molar-refractivity contribution in [2.24, 2.45) is 0 Å². The molecule has 0 unspecified atom stereocenters. The van der Waals surface area contributed by atoms with Crippen LogP contribution >= 0.6 is 0 Å². The highest BCUT2D eigenvalue weighted by Gasteiger charge is 2.04. The fourth-order valence-electron chi connectivity index (χ4n) is 2.19. The van der Waals surface area contributed by atoms with E-state index >= 15 is 0 Å². The van der Waals surface area contributed by atoms with Crippen LogP contribution in [-0.4, -0.2) is 64.6 Å². The molecule has 0 amide bonds. The first-order valence-corrected chi connectivity index (χ1v) is 9.22. The van der Waals surface area contributed by atoms with Gasteiger partial charge in [-0.3, -0.25) is 0 Å². The van der Waals surface area contributed by atoms with Crippen molar-refractivity contribution in [3.63, 3.8) is 0 Å². The fraction of sp³-hybridized carbons (Fsp3) is 1.00. The predicted octanol–water partition coefficient (Wildman–Crippen LogP) is 3.18. The molecule has 0 radical (unpaired) electrons. The van der Waals surface area contributed by atoms with Crippen LogP contribution in [0.2, 0.25) is 0 Å². The zero-order valence-electron chi connectivity index (χ0n) is 15.3. The van der Waals surface area contributed by atoms with Gasteiger partial charge in [-0.2, -0.15) is 0 Å². The van der Waals surface area contributed by atoms with Crippen LogP contribution in [0.3, 0.4) is 0 Å². The first-order chi connectivity index (χ1) is 11.3. The Bertz CT molecular complexity index is 210. The monoisotopic (exact) mass is 334 g/mol. The van der Waals surface area contributed by atoms with Gasteiger partial charge in [0.2, 0.25) is 0 Å². The van der Waals surface area contributed by atoms with Gasteiger partial charge in [-0.05, 0) is 6.42 Å². The first-order valence-electron chi connectivity index (χ1n) is 9.22. The highest BCUT2D eigenvalue weighted by Crippen LogP contribution is 2.08. The summed E-state index contributed by atoms with van der Waals surface area (Å²) in [6.07, 6.45) is 10.3. The van der Waals surface area contributed by atoms with Crippen LogP contribution < -0.4 is 0 Å². The minimum absolute atomic E-state index is 0.0239. The Balaban J connectivity index is 3.02. The maximum Gasteiger partial charge on any atom is 0.103 e. The van der Waals surface area contributed by atoms with E-state index in [9.17, 15) is 0 Å². The van der Waals surface area contributed by atoms with E-state index in [2.05, 4.69) is 6.92 Å². The summed E-state index contributed by atoms with van der Waals surface area (Å²) < 4.78 is 21.3. The number of aliphatic hydroxyl groups is 1. The van der Waals surface area contributed by atoms with Gasteiger partial charge in [-0.1, -0.05) is 51.9 Å². The highest BCUT2D eigenvalue weighted by atomic mass is 16.6. The summed E-state index contributed by atoms with van der Waals surface area (Å²) in [6, 6.07) is 0. The van der Waals surface area contributed by atoms with Crippen molar-refractivity contribution in [3.8, 4) is 0 Å². The standard InChI is InChI=1S/C18H38O5/c1-3-4-5-6-7-8-9-10-11-21-12-13-22-14-15-23-17-18(16-19)20-2/h18-19H,3-17H2,1-2H3/t18-/m1/s1. The van der Waals surface area contributed by atoms with Gasteiger partial charge in [0.1, 0.15) is 6.10 Å². The van der Waals surface area contributed by atoms with Gasteiger partial charge in [-0.15, -0.1) is 0 Å². The first kappa shape index (κ1) is 22.8. The van der Waals surface area contributed by atoms with E-state index < -0.39 is 0 Å². The maximum atomic E-state index is 8.90. The molecule has 0 bridgehead atoms. The Morgan fingerprint density at radius 1 is 0.696 bits per heavy atom. The number of ether oxygens (including phenoxy) is 4. The van der Waals surface area contributed by atoms with Gasteiger partial charge >= 0.3 is 0 Å². The van der Waals surface area contributed by atoms with E-state index in [0.29, 0.717) is 33.0 Å². The number of rotatable bonds is 19. The van der Waals surface area contributed by atoms with E-state index in [4.69, 9.17) is 24.1 Å². The molecule has 0 aromatic rings. The van der Waals surface area contributed by atoms with Crippen molar-refractivity contribution in [3.05, 3.63) is 0 Å². The van der Waals surface area contributed by atoms with Crippen LogP contribution in [0, 0.1) is 0 Å². The van der Waals surface area contributed by atoms with Crippen molar-refractivity contribution < 1.29 is 24.1 Å². The lowest BCUT2D eigenvalue weighted by Gasteiger charge is -2.12. The smallest absolute Gasteiger partial charge is 0.103 e. The van der Waals surface area contributed by atoms with E-state index in [1.165, 1.54) is 44.9 Å². The molecule has 0 rings (SSSR count). The van der Waals surface area contributed by atoms with E-state index in [1.54, 1.807) is 7.11 Å². The normalized spacial score (nSPS) is 12.7. The van der Waals surface area contributed by atoms with E-state index in [-0.39, 0.29) is 12.7 Å². The van der Waals surface area contributed by atoms with Gasteiger partial charge in [0.25, 0.3) is 0 Å². The van der Waals surface area contributed by atoms with Crippen molar-refractivity contribution in [2.45, 2.75) is 64.4 Å². The molecule has 1 atom stereocenters. The van der Waals surface area contributed by atoms with Crippen LogP contribution in [-0.2, 0) is 18.9 Å². The molecule has 0 spiro atoms. The molecule has 0 saturated carbocycles. The molecular weight excluding hydrogens is 296 g/mol. The summed E-state index contributed by atoms with van der Waals surface area (Å²) in [5.41, 5.74) is 0. The Morgan fingerprint density at radius 3 is 1.78 bits per heavy atom. The van der Waals surface area contributed by atoms with E-state index in [0.717, 1.165) is 13.0 Å². The van der Waals surface area contributed by atoms with Gasteiger partial charge in [0, 0.05) is 13.7 Å². The summed E-state index contributed by atoms with van der Waals surface area (Å²) in [4.78, 5) is 0. The van der Waals surface area contributed by atoms with Gasteiger partial charge in [0.15, 0.2) is 0 Å². The number of unbranched alkanes of at least 4 members (excludes halogenated alkanes) is 7. The Labute approximate surface area is 142 Å². The molecule has 0 fully saturated rings. The van der Waals surface area contributed by atoms with Gasteiger partial charge in [-0.25, -0.2) is 0 Å². The zero-order valence-corrected chi connectivity index (χ0v) is 15.3. The average molecular weight is 334 g/mol. The van der Waals surface area contributed by atoms with Crippen molar-refractivity contribution in [2.75, 3.05) is 53.4 Å². The second-order valence-corrected chi connectivity index (χ2v) is 5.81. The minimum Gasteiger partial charge on any atom is -0.394 e. The number of hydrogen-bond acceptors (Lipinski definition) is 5. The molecule has 5 nitrogen and oxygen atoms in total. The highest BCUT2D eigenvalue weighted by molar-refractivity contribution is 4.51. The Morgan fingerprint density at radius 2 is 1.22 bits per heavy atom. The number of aliphatic hydroxyl groups excluding tert-OH is 1. The summed E-state index contributed by atoms with van der Waals surface area (Å²) in [5, 5.41) is 8.90. The quantitative estimate of drug-likeness (QED) is 0.368. The van der Waals surface area contributed by atoms with Crippen LogP contribution in [0.15, 0.2) is 0 Å². The van der Waals surface area contributed by atoms with Crippen LogP contribution in [0.1, 0.15) is 58.3 Å². The predicted molar refractivity (Wildman–Crippen MR) is 92.9 cm³/mol. The second-order valence-electron chi connectivity index (χ2n) is 5.81. The molecule has 0 saturated heterocycles.